The predicted octanol–water partition coefficient (Wildman–Crippen LogP) is 3.29. The quantitative estimate of drug-likeness (QED) is 0.221. The summed E-state index contributed by atoms with van der Waals surface area (Å²) in [5.41, 5.74) is 2.55. The zero-order valence-corrected chi connectivity index (χ0v) is 20.0. The smallest absolute Gasteiger partial charge is 0.222 e. The summed E-state index contributed by atoms with van der Waals surface area (Å²) >= 11 is 0. The molecule has 3 N–H and O–H groups in total. The molecule has 0 bridgehead atoms. The molecule has 1 heterocycles. The van der Waals surface area contributed by atoms with Gasteiger partial charge >= 0.3 is 0 Å². The lowest BCUT2D eigenvalue weighted by atomic mass is 10.1. The van der Waals surface area contributed by atoms with E-state index in [4.69, 9.17) is 0 Å². The maximum absolute atomic E-state index is 11.6. The molecule has 1 saturated heterocycles. The number of nitrogens with zero attached hydrogens (tertiary/aromatic N) is 2. The molecule has 7 heteroatoms. The predicted molar refractivity (Wildman–Crippen MR) is 129 cm³/mol. The number of halogens is 1. The molecule has 1 aliphatic rings. The SMILES string of the molecule is CCNC(=NCCNC(=O)C(C)C)NC(C)c1cccc(N2CCCC2)c1.I. The number of amides is 1. The molecule has 1 unspecified atom stereocenters. The van der Waals surface area contributed by atoms with Gasteiger partial charge in [0.05, 0.1) is 12.6 Å². The molecule has 6 nitrogen and oxygen atoms in total. The molecule has 0 spiro atoms. The number of rotatable bonds is 8. The van der Waals surface area contributed by atoms with Crippen molar-refractivity contribution >= 4 is 41.5 Å². The van der Waals surface area contributed by atoms with E-state index in [1.807, 2.05) is 13.8 Å². The minimum Gasteiger partial charge on any atom is -0.372 e. The Balaban J connectivity index is 0.00000392. The Hall–Kier alpha value is -1.51. The summed E-state index contributed by atoms with van der Waals surface area (Å²) in [6.07, 6.45) is 2.56. The first-order chi connectivity index (χ1) is 13.0. The summed E-state index contributed by atoms with van der Waals surface area (Å²) in [5.74, 6) is 0.842. The van der Waals surface area contributed by atoms with E-state index in [-0.39, 0.29) is 41.8 Å². The number of anilines is 1. The third kappa shape index (κ3) is 7.85. The number of guanidine groups is 1. The van der Waals surface area contributed by atoms with Gasteiger partial charge in [0.2, 0.25) is 5.91 Å². The zero-order chi connectivity index (χ0) is 19.6. The number of hydrogen-bond donors (Lipinski definition) is 3. The summed E-state index contributed by atoms with van der Waals surface area (Å²) in [6, 6.07) is 8.90. The van der Waals surface area contributed by atoms with Gasteiger partial charge in [0.15, 0.2) is 5.96 Å². The average molecular weight is 501 g/mol. The zero-order valence-electron chi connectivity index (χ0n) is 17.6. The van der Waals surface area contributed by atoms with Crippen LogP contribution in [-0.2, 0) is 4.79 Å². The Morgan fingerprint density at radius 1 is 1.18 bits per heavy atom. The number of nitrogens with one attached hydrogen (secondary N) is 3. The fourth-order valence-electron chi connectivity index (χ4n) is 3.13. The van der Waals surface area contributed by atoms with Crippen LogP contribution in [0.5, 0.6) is 0 Å². The van der Waals surface area contributed by atoms with Crippen LogP contribution in [0.1, 0.15) is 52.1 Å². The van der Waals surface area contributed by atoms with Crippen molar-refractivity contribution in [2.45, 2.75) is 46.6 Å². The fourth-order valence-corrected chi connectivity index (χ4v) is 3.13. The van der Waals surface area contributed by atoms with E-state index < -0.39 is 0 Å². The van der Waals surface area contributed by atoms with Crippen LogP contribution in [0.2, 0.25) is 0 Å². The van der Waals surface area contributed by atoms with Gasteiger partial charge in [0.1, 0.15) is 0 Å². The maximum Gasteiger partial charge on any atom is 0.222 e. The number of carbonyl (C=O) groups excluding carboxylic acids is 1. The van der Waals surface area contributed by atoms with Crippen molar-refractivity contribution in [2.24, 2.45) is 10.9 Å². The van der Waals surface area contributed by atoms with Gasteiger partial charge in [-0.3, -0.25) is 9.79 Å². The minimum atomic E-state index is 0. The Morgan fingerprint density at radius 2 is 1.89 bits per heavy atom. The van der Waals surface area contributed by atoms with Crippen molar-refractivity contribution in [3.8, 4) is 0 Å². The first kappa shape index (κ1) is 24.5. The topological polar surface area (TPSA) is 68.8 Å². The second-order valence-corrected chi connectivity index (χ2v) is 7.36. The summed E-state index contributed by atoms with van der Waals surface area (Å²) in [4.78, 5) is 18.7. The largest absolute Gasteiger partial charge is 0.372 e. The number of carbonyl (C=O) groups is 1. The summed E-state index contributed by atoms with van der Waals surface area (Å²) in [7, 11) is 0. The number of benzene rings is 1. The molecular weight excluding hydrogens is 465 g/mol. The molecule has 0 aromatic heterocycles. The maximum atomic E-state index is 11.6. The monoisotopic (exact) mass is 501 g/mol. The van der Waals surface area contributed by atoms with Gasteiger partial charge in [0, 0.05) is 37.8 Å². The highest BCUT2D eigenvalue weighted by atomic mass is 127. The van der Waals surface area contributed by atoms with Gasteiger partial charge in [0.25, 0.3) is 0 Å². The molecule has 158 valence electrons. The Morgan fingerprint density at radius 3 is 2.54 bits per heavy atom. The Kier molecular flexibility index (Phi) is 11.3. The van der Waals surface area contributed by atoms with E-state index in [0.29, 0.717) is 13.1 Å². The summed E-state index contributed by atoms with van der Waals surface area (Å²) in [5, 5.41) is 9.65. The molecule has 28 heavy (non-hydrogen) atoms. The third-order valence-electron chi connectivity index (χ3n) is 4.74. The van der Waals surface area contributed by atoms with Gasteiger partial charge in [-0.25, -0.2) is 0 Å². The van der Waals surface area contributed by atoms with E-state index in [1.165, 1.54) is 24.1 Å². The molecule has 1 aliphatic heterocycles. The van der Waals surface area contributed by atoms with Gasteiger partial charge in [-0.15, -0.1) is 24.0 Å². The van der Waals surface area contributed by atoms with Crippen LogP contribution in [0.3, 0.4) is 0 Å². The standard InChI is InChI=1S/C21H35N5O.HI/c1-5-22-21(24-12-11-23-20(27)16(2)3)25-17(4)18-9-8-10-19(15-18)26-13-6-7-14-26;/h8-10,15-17H,5-7,11-14H2,1-4H3,(H,23,27)(H2,22,24,25);1H. The lowest BCUT2D eigenvalue weighted by Crippen LogP contribution is -2.39. The Labute approximate surface area is 187 Å². The van der Waals surface area contributed by atoms with E-state index >= 15 is 0 Å². The van der Waals surface area contributed by atoms with E-state index in [1.54, 1.807) is 0 Å². The van der Waals surface area contributed by atoms with E-state index in [9.17, 15) is 4.79 Å². The first-order valence-corrected chi connectivity index (χ1v) is 10.2. The van der Waals surface area contributed by atoms with Crippen LogP contribution in [0, 0.1) is 5.92 Å². The van der Waals surface area contributed by atoms with Crippen molar-refractivity contribution < 1.29 is 4.79 Å². The van der Waals surface area contributed by atoms with Gasteiger partial charge < -0.3 is 20.9 Å². The third-order valence-corrected chi connectivity index (χ3v) is 4.74. The molecule has 0 aliphatic carbocycles. The highest BCUT2D eigenvalue weighted by molar-refractivity contribution is 14.0. The fraction of sp³-hybridized carbons (Fsp3) is 0.619. The lowest BCUT2D eigenvalue weighted by molar-refractivity contribution is -0.123. The molecule has 0 saturated carbocycles. The molecule has 1 amide bonds. The van der Waals surface area contributed by atoms with Gasteiger partial charge in [-0.05, 0) is 44.4 Å². The van der Waals surface area contributed by atoms with Crippen molar-refractivity contribution in [3.63, 3.8) is 0 Å². The highest BCUT2D eigenvalue weighted by Crippen LogP contribution is 2.23. The molecule has 1 aromatic carbocycles. The Bertz CT molecular complexity index is 629. The van der Waals surface area contributed by atoms with Crippen LogP contribution in [-0.4, -0.2) is 44.6 Å². The number of aliphatic imine (C=N–C) groups is 1. The van der Waals surface area contributed by atoms with Crippen LogP contribution in [0.25, 0.3) is 0 Å². The van der Waals surface area contributed by atoms with Gasteiger partial charge in [-0.1, -0.05) is 26.0 Å². The van der Waals surface area contributed by atoms with Crippen LogP contribution < -0.4 is 20.9 Å². The molecule has 0 radical (unpaired) electrons. The highest BCUT2D eigenvalue weighted by Gasteiger charge is 2.14. The lowest BCUT2D eigenvalue weighted by Gasteiger charge is -2.22. The second-order valence-electron chi connectivity index (χ2n) is 7.36. The minimum absolute atomic E-state index is 0. The van der Waals surface area contributed by atoms with Crippen molar-refractivity contribution in [1.82, 2.24) is 16.0 Å². The number of hydrogen-bond acceptors (Lipinski definition) is 3. The van der Waals surface area contributed by atoms with Crippen molar-refractivity contribution in [2.75, 3.05) is 37.6 Å². The average Bonchev–Trinajstić information content (AvgIpc) is 3.20. The second kappa shape index (κ2) is 12.9. The normalized spacial score (nSPS) is 15.2. The first-order valence-electron chi connectivity index (χ1n) is 10.2. The molecular formula is C21H36IN5O. The molecule has 2 rings (SSSR count). The van der Waals surface area contributed by atoms with E-state index in [0.717, 1.165) is 25.6 Å². The molecule has 1 atom stereocenters. The summed E-state index contributed by atoms with van der Waals surface area (Å²) < 4.78 is 0. The summed E-state index contributed by atoms with van der Waals surface area (Å²) in [6.45, 7) is 12.2. The van der Waals surface area contributed by atoms with Crippen molar-refractivity contribution in [1.29, 1.82) is 0 Å². The van der Waals surface area contributed by atoms with Crippen LogP contribution in [0.15, 0.2) is 29.3 Å². The van der Waals surface area contributed by atoms with Crippen LogP contribution >= 0.6 is 24.0 Å². The molecule has 1 fully saturated rings. The van der Waals surface area contributed by atoms with E-state index in [2.05, 4.69) is 64.0 Å². The molecule has 1 aromatic rings. The van der Waals surface area contributed by atoms with Crippen LogP contribution in [0.4, 0.5) is 5.69 Å². The van der Waals surface area contributed by atoms with Crippen molar-refractivity contribution in [3.05, 3.63) is 29.8 Å². The van der Waals surface area contributed by atoms with Gasteiger partial charge in [-0.2, -0.15) is 0 Å².